The summed E-state index contributed by atoms with van der Waals surface area (Å²) in [5.74, 6) is 6.43. The highest BCUT2D eigenvalue weighted by Gasteiger charge is 2.02. The molecule has 1 aromatic heterocycles. The summed E-state index contributed by atoms with van der Waals surface area (Å²) >= 11 is 9.49. The van der Waals surface area contributed by atoms with Crippen LogP contribution >= 0.6 is 34.7 Å². The summed E-state index contributed by atoms with van der Waals surface area (Å²) in [5.41, 5.74) is 0.962. The Labute approximate surface area is 120 Å². The van der Waals surface area contributed by atoms with E-state index < -0.39 is 0 Å². The van der Waals surface area contributed by atoms with Crippen LogP contribution in [0.3, 0.4) is 0 Å². The standard InChI is InChI=1S/C14H11ClOS2/c15-13-5-1-2-6-14(13)18-10-12-8-11(9-17-12)4-3-7-16/h1-2,5-6,8-9,16H,7,10H2. The van der Waals surface area contributed by atoms with Gasteiger partial charge in [0.1, 0.15) is 6.61 Å². The SMILES string of the molecule is OCC#Cc1csc(CSc2ccccc2Cl)c1. The van der Waals surface area contributed by atoms with Gasteiger partial charge in [-0.1, -0.05) is 35.6 Å². The second-order valence-corrected chi connectivity index (χ2v) is 5.90. The van der Waals surface area contributed by atoms with E-state index >= 15 is 0 Å². The van der Waals surface area contributed by atoms with E-state index in [1.54, 1.807) is 23.1 Å². The van der Waals surface area contributed by atoms with E-state index in [9.17, 15) is 0 Å². The molecular formula is C14H11ClOS2. The quantitative estimate of drug-likeness (QED) is 0.681. The van der Waals surface area contributed by atoms with Gasteiger partial charge in [-0.2, -0.15) is 0 Å². The Balaban J connectivity index is 1.98. The minimum atomic E-state index is -0.0977. The fourth-order valence-corrected chi connectivity index (χ4v) is 3.48. The molecule has 1 nitrogen and oxygen atoms in total. The molecule has 2 rings (SSSR count). The molecule has 2 aromatic rings. The molecule has 0 aliphatic rings. The number of aliphatic hydroxyl groups is 1. The highest BCUT2D eigenvalue weighted by molar-refractivity contribution is 7.98. The number of rotatable bonds is 3. The lowest BCUT2D eigenvalue weighted by atomic mass is 10.3. The Bertz CT molecular complexity index is 581. The second kappa shape index (κ2) is 6.86. The number of hydrogen-bond donors (Lipinski definition) is 1. The molecule has 0 saturated heterocycles. The number of halogens is 1. The van der Waals surface area contributed by atoms with Gasteiger partial charge < -0.3 is 5.11 Å². The van der Waals surface area contributed by atoms with Gasteiger partial charge in [-0.05, 0) is 18.2 Å². The fraction of sp³-hybridized carbons (Fsp3) is 0.143. The molecule has 0 unspecified atom stereocenters. The van der Waals surface area contributed by atoms with Crippen LogP contribution in [0.4, 0.5) is 0 Å². The maximum Gasteiger partial charge on any atom is 0.104 e. The lowest BCUT2D eigenvalue weighted by molar-refractivity contribution is 0.350. The Hall–Kier alpha value is -0.920. The van der Waals surface area contributed by atoms with Crippen molar-refractivity contribution < 1.29 is 5.11 Å². The predicted octanol–water partition coefficient (Wildman–Crippen LogP) is 4.04. The van der Waals surface area contributed by atoms with E-state index in [4.69, 9.17) is 16.7 Å². The highest BCUT2D eigenvalue weighted by Crippen LogP contribution is 2.31. The minimum absolute atomic E-state index is 0.0977. The first kappa shape index (κ1) is 13.5. The van der Waals surface area contributed by atoms with Gasteiger partial charge in [-0.25, -0.2) is 0 Å². The van der Waals surface area contributed by atoms with Crippen LogP contribution in [-0.4, -0.2) is 11.7 Å². The molecule has 0 spiro atoms. The monoisotopic (exact) mass is 294 g/mol. The van der Waals surface area contributed by atoms with E-state index in [0.717, 1.165) is 21.2 Å². The van der Waals surface area contributed by atoms with Crippen molar-refractivity contribution in [1.82, 2.24) is 0 Å². The first-order valence-corrected chi connectivity index (χ1v) is 7.58. The zero-order valence-electron chi connectivity index (χ0n) is 9.52. The third kappa shape index (κ3) is 3.79. The van der Waals surface area contributed by atoms with Gasteiger partial charge in [0.2, 0.25) is 0 Å². The molecule has 92 valence electrons. The van der Waals surface area contributed by atoms with Crippen molar-refractivity contribution in [2.75, 3.05) is 6.61 Å². The number of aliphatic hydroxyl groups excluding tert-OH is 1. The van der Waals surface area contributed by atoms with Gasteiger partial charge in [0.05, 0.1) is 5.02 Å². The first-order valence-electron chi connectivity index (χ1n) is 5.34. The molecule has 0 saturated carbocycles. The van der Waals surface area contributed by atoms with E-state index in [1.165, 1.54) is 4.88 Å². The van der Waals surface area contributed by atoms with E-state index in [2.05, 4.69) is 17.9 Å². The molecule has 0 aliphatic carbocycles. The van der Waals surface area contributed by atoms with Crippen molar-refractivity contribution in [2.24, 2.45) is 0 Å². The first-order chi connectivity index (χ1) is 8.79. The van der Waals surface area contributed by atoms with Crippen molar-refractivity contribution >= 4 is 34.7 Å². The normalized spacial score (nSPS) is 9.89. The molecule has 1 heterocycles. The Kier molecular flexibility index (Phi) is 5.15. The Morgan fingerprint density at radius 2 is 2.17 bits per heavy atom. The van der Waals surface area contributed by atoms with Crippen LogP contribution in [0, 0.1) is 11.8 Å². The van der Waals surface area contributed by atoms with Crippen LogP contribution in [0.2, 0.25) is 5.02 Å². The molecule has 0 bridgehead atoms. The molecule has 1 N–H and O–H groups in total. The van der Waals surface area contributed by atoms with E-state index in [1.807, 2.05) is 29.6 Å². The van der Waals surface area contributed by atoms with Gasteiger partial charge >= 0.3 is 0 Å². The molecule has 0 radical (unpaired) electrons. The smallest absolute Gasteiger partial charge is 0.104 e. The van der Waals surface area contributed by atoms with Crippen LogP contribution < -0.4 is 0 Å². The molecule has 0 atom stereocenters. The summed E-state index contributed by atoms with van der Waals surface area (Å²) in [6.45, 7) is -0.0977. The zero-order chi connectivity index (χ0) is 12.8. The summed E-state index contributed by atoms with van der Waals surface area (Å²) in [4.78, 5) is 2.35. The van der Waals surface area contributed by atoms with Crippen molar-refractivity contribution in [3.8, 4) is 11.8 Å². The average molecular weight is 295 g/mol. The van der Waals surface area contributed by atoms with Crippen LogP contribution in [0.25, 0.3) is 0 Å². The highest BCUT2D eigenvalue weighted by atomic mass is 35.5. The van der Waals surface area contributed by atoms with Gasteiger partial charge in [0, 0.05) is 26.5 Å². The van der Waals surface area contributed by atoms with Gasteiger partial charge in [-0.15, -0.1) is 23.1 Å². The van der Waals surface area contributed by atoms with Gasteiger partial charge in [0.25, 0.3) is 0 Å². The molecule has 0 amide bonds. The zero-order valence-corrected chi connectivity index (χ0v) is 11.9. The second-order valence-electron chi connectivity index (χ2n) is 3.48. The van der Waals surface area contributed by atoms with Gasteiger partial charge in [-0.3, -0.25) is 0 Å². The predicted molar refractivity (Wildman–Crippen MR) is 79.3 cm³/mol. The molecule has 1 aromatic carbocycles. The summed E-state index contributed by atoms with van der Waals surface area (Å²) in [6, 6.07) is 9.89. The summed E-state index contributed by atoms with van der Waals surface area (Å²) in [5, 5.41) is 11.4. The molecular weight excluding hydrogens is 284 g/mol. The number of thiophene rings is 1. The summed E-state index contributed by atoms with van der Waals surface area (Å²) in [6.07, 6.45) is 0. The van der Waals surface area contributed by atoms with Crippen LogP contribution in [0.1, 0.15) is 10.4 Å². The molecule has 18 heavy (non-hydrogen) atoms. The van der Waals surface area contributed by atoms with E-state index in [-0.39, 0.29) is 6.61 Å². The molecule has 0 aliphatic heterocycles. The van der Waals surface area contributed by atoms with Crippen molar-refractivity contribution in [1.29, 1.82) is 0 Å². The van der Waals surface area contributed by atoms with Crippen LogP contribution in [-0.2, 0) is 5.75 Å². The van der Waals surface area contributed by atoms with Crippen LogP contribution in [0.15, 0.2) is 40.6 Å². The topological polar surface area (TPSA) is 20.2 Å². The largest absolute Gasteiger partial charge is 0.384 e. The number of thioether (sulfide) groups is 1. The lowest BCUT2D eigenvalue weighted by Crippen LogP contribution is -1.76. The minimum Gasteiger partial charge on any atom is -0.384 e. The van der Waals surface area contributed by atoms with Crippen LogP contribution in [0.5, 0.6) is 0 Å². The Morgan fingerprint density at radius 1 is 1.33 bits per heavy atom. The van der Waals surface area contributed by atoms with E-state index in [0.29, 0.717) is 0 Å². The maximum atomic E-state index is 8.63. The van der Waals surface area contributed by atoms with Gasteiger partial charge in [0.15, 0.2) is 0 Å². The lowest BCUT2D eigenvalue weighted by Gasteiger charge is -2.01. The maximum absolute atomic E-state index is 8.63. The number of hydrogen-bond acceptors (Lipinski definition) is 3. The average Bonchev–Trinajstić information content (AvgIpc) is 2.83. The summed E-state index contributed by atoms with van der Waals surface area (Å²) < 4.78 is 0. The molecule has 0 fully saturated rings. The summed E-state index contributed by atoms with van der Waals surface area (Å²) in [7, 11) is 0. The van der Waals surface area contributed by atoms with Crippen molar-refractivity contribution in [3.63, 3.8) is 0 Å². The third-order valence-electron chi connectivity index (χ3n) is 2.17. The Morgan fingerprint density at radius 3 is 2.94 bits per heavy atom. The third-order valence-corrected chi connectivity index (χ3v) is 4.86. The van der Waals surface area contributed by atoms with Crippen molar-refractivity contribution in [2.45, 2.75) is 10.6 Å². The number of benzene rings is 1. The fourth-order valence-electron chi connectivity index (χ4n) is 1.37. The molecule has 4 heteroatoms. The van der Waals surface area contributed by atoms with Crippen molar-refractivity contribution in [3.05, 3.63) is 51.2 Å².